The van der Waals surface area contributed by atoms with Crippen LogP contribution in [0.2, 0.25) is 0 Å². The van der Waals surface area contributed by atoms with Crippen molar-refractivity contribution in [1.82, 2.24) is 4.98 Å². The molecule has 0 aliphatic heterocycles. The number of nitriles is 1. The average molecular weight is 300 g/mol. The van der Waals surface area contributed by atoms with Crippen LogP contribution in [0.3, 0.4) is 0 Å². The number of aromatic hydroxyl groups is 1. The van der Waals surface area contributed by atoms with Gasteiger partial charge in [-0.25, -0.2) is 4.98 Å². The van der Waals surface area contributed by atoms with Gasteiger partial charge in [-0.05, 0) is 31.2 Å². The molecule has 2 rings (SSSR count). The smallest absolute Gasteiger partial charge is 0.267 e. The SMILES string of the molecule is Cc1csc(N/C=C(/C#N)C(=O)Nc2ccc(O)cc2)n1. The number of nitrogens with one attached hydrogen (secondary N) is 2. The molecule has 0 saturated heterocycles. The summed E-state index contributed by atoms with van der Waals surface area (Å²) < 4.78 is 0. The van der Waals surface area contributed by atoms with Crippen LogP contribution in [-0.2, 0) is 4.79 Å². The summed E-state index contributed by atoms with van der Waals surface area (Å²) in [5, 5.41) is 26.0. The molecule has 1 amide bonds. The number of amides is 1. The van der Waals surface area contributed by atoms with E-state index in [4.69, 9.17) is 10.4 Å². The highest BCUT2D eigenvalue weighted by Crippen LogP contribution is 2.16. The number of thiazole rings is 1. The van der Waals surface area contributed by atoms with Crippen LogP contribution in [0.5, 0.6) is 5.75 Å². The number of anilines is 2. The molecule has 0 fully saturated rings. The maximum absolute atomic E-state index is 11.9. The fourth-order valence-electron chi connectivity index (χ4n) is 1.45. The van der Waals surface area contributed by atoms with Gasteiger partial charge in [-0.15, -0.1) is 11.3 Å². The van der Waals surface area contributed by atoms with E-state index in [0.717, 1.165) is 5.69 Å². The quantitative estimate of drug-likeness (QED) is 0.458. The second-order valence-electron chi connectivity index (χ2n) is 4.11. The minimum atomic E-state index is -0.538. The number of phenols is 1. The molecule has 0 aliphatic carbocycles. The Balaban J connectivity index is 2.04. The van der Waals surface area contributed by atoms with Gasteiger partial charge < -0.3 is 15.7 Å². The van der Waals surface area contributed by atoms with Gasteiger partial charge in [0.25, 0.3) is 5.91 Å². The zero-order valence-corrected chi connectivity index (χ0v) is 11.9. The molecule has 106 valence electrons. The average Bonchev–Trinajstić information content (AvgIpc) is 2.88. The Bertz CT molecular complexity index is 713. The first-order valence-electron chi connectivity index (χ1n) is 5.98. The maximum Gasteiger partial charge on any atom is 0.267 e. The highest BCUT2D eigenvalue weighted by molar-refractivity contribution is 7.13. The lowest BCUT2D eigenvalue weighted by Crippen LogP contribution is -2.14. The van der Waals surface area contributed by atoms with Crippen molar-refractivity contribution in [1.29, 1.82) is 5.26 Å². The molecule has 2 aromatic rings. The Labute approximate surface area is 125 Å². The van der Waals surface area contributed by atoms with Crippen molar-refractivity contribution < 1.29 is 9.90 Å². The molecule has 0 bridgehead atoms. The van der Waals surface area contributed by atoms with Crippen molar-refractivity contribution >= 4 is 28.1 Å². The molecule has 0 saturated carbocycles. The van der Waals surface area contributed by atoms with Gasteiger partial charge in [-0.3, -0.25) is 4.79 Å². The molecule has 1 aromatic heterocycles. The van der Waals surface area contributed by atoms with Crippen molar-refractivity contribution in [3.63, 3.8) is 0 Å². The van der Waals surface area contributed by atoms with Crippen molar-refractivity contribution in [2.45, 2.75) is 6.92 Å². The molecule has 0 radical (unpaired) electrons. The first kappa shape index (κ1) is 14.6. The van der Waals surface area contributed by atoms with E-state index in [1.165, 1.54) is 29.7 Å². The van der Waals surface area contributed by atoms with Crippen LogP contribution >= 0.6 is 11.3 Å². The number of hydrogen-bond donors (Lipinski definition) is 3. The van der Waals surface area contributed by atoms with Gasteiger partial charge in [0.1, 0.15) is 17.4 Å². The van der Waals surface area contributed by atoms with Crippen molar-refractivity contribution in [3.05, 3.63) is 47.1 Å². The van der Waals surface area contributed by atoms with Crippen molar-refractivity contribution in [3.8, 4) is 11.8 Å². The number of phenolic OH excluding ortho intramolecular Hbond substituents is 1. The lowest BCUT2D eigenvalue weighted by molar-refractivity contribution is -0.112. The highest BCUT2D eigenvalue weighted by atomic mass is 32.1. The van der Waals surface area contributed by atoms with Crippen LogP contribution in [0.25, 0.3) is 0 Å². The Morgan fingerprint density at radius 3 is 2.71 bits per heavy atom. The number of rotatable bonds is 4. The summed E-state index contributed by atoms with van der Waals surface area (Å²) >= 11 is 1.38. The van der Waals surface area contributed by atoms with E-state index in [9.17, 15) is 4.79 Å². The molecular weight excluding hydrogens is 288 g/mol. The standard InChI is InChI=1S/C14H12N4O2S/c1-9-8-21-14(17-9)16-7-10(6-15)13(20)18-11-2-4-12(19)5-3-11/h2-5,7-8,19H,1H3,(H,16,17)(H,18,20)/b10-7-. The molecule has 0 spiro atoms. The molecule has 0 aliphatic rings. The number of aromatic nitrogens is 1. The van der Waals surface area contributed by atoms with Crippen LogP contribution < -0.4 is 10.6 Å². The zero-order chi connectivity index (χ0) is 15.2. The zero-order valence-electron chi connectivity index (χ0n) is 11.1. The van der Waals surface area contributed by atoms with E-state index >= 15 is 0 Å². The summed E-state index contributed by atoms with van der Waals surface area (Å²) in [4.78, 5) is 16.1. The third-order valence-electron chi connectivity index (χ3n) is 2.45. The molecule has 21 heavy (non-hydrogen) atoms. The number of hydrogen-bond acceptors (Lipinski definition) is 6. The van der Waals surface area contributed by atoms with Crippen LogP contribution in [0.4, 0.5) is 10.8 Å². The fourth-order valence-corrected chi connectivity index (χ4v) is 2.10. The maximum atomic E-state index is 11.9. The second-order valence-corrected chi connectivity index (χ2v) is 4.97. The van der Waals surface area contributed by atoms with E-state index in [1.807, 2.05) is 18.4 Å². The predicted octanol–water partition coefficient (Wildman–Crippen LogP) is 2.62. The van der Waals surface area contributed by atoms with E-state index in [1.54, 1.807) is 12.1 Å². The molecule has 7 heteroatoms. The van der Waals surface area contributed by atoms with Gasteiger partial charge in [-0.2, -0.15) is 5.26 Å². The third-order valence-corrected chi connectivity index (χ3v) is 3.34. The lowest BCUT2D eigenvalue weighted by atomic mass is 10.2. The van der Waals surface area contributed by atoms with E-state index < -0.39 is 5.91 Å². The van der Waals surface area contributed by atoms with E-state index in [0.29, 0.717) is 10.8 Å². The molecule has 3 N–H and O–H groups in total. The number of carbonyl (C=O) groups is 1. The van der Waals surface area contributed by atoms with Gasteiger partial charge in [0.15, 0.2) is 5.13 Å². The van der Waals surface area contributed by atoms with E-state index in [-0.39, 0.29) is 11.3 Å². The Hall–Kier alpha value is -2.85. The van der Waals surface area contributed by atoms with E-state index in [2.05, 4.69) is 15.6 Å². The van der Waals surface area contributed by atoms with Crippen LogP contribution in [0, 0.1) is 18.3 Å². The molecular formula is C14H12N4O2S. The van der Waals surface area contributed by atoms with Gasteiger partial charge in [0, 0.05) is 17.3 Å². The molecule has 0 unspecified atom stereocenters. The summed E-state index contributed by atoms with van der Waals surface area (Å²) in [5.74, 6) is -0.436. The monoisotopic (exact) mass is 300 g/mol. The van der Waals surface area contributed by atoms with Crippen molar-refractivity contribution in [2.75, 3.05) is 10.6 Å². The van der Waals surface area contributed by atoms with Gasteiger partial charge in [-0.1, -0.05) is 0 Å². The number of carbonyl (C=O) groups excluding carboxylic acids is 1. The van der Waals surface area contributed by atoms with Crippen molar-refractivity contribution in [2.24, 2.45) is 0 Å². The predicted molar refractivity (Wildman–Crippen MR) is 80.9 cm³/mol. The Morgan fingerprint density at radius 1 is 1.43 bits per heavy atom. The summed E-state index contributed by atoms with van der Waals surface area (Å²) in [7, 11) is 0. The number of nitrogens with zero attached hydrogens (tertiary/aromatic N) is 2. The minimum absolute atomic E-state index is 0.0732. The van der Waals surface area contributed by atoms with Gasteiger partial charge in [0.2, 0.25) is 0 Å². The second kappa shape index (κ2) is 6.54. The van der Waals surface area contributed by atoms with Gasteiger partial charge >= 0.3 is 0 Å². The molecule has 6 nitrogen and oxygen atoms in total. The van der Waals surface area contributed by atoms with Crippen LogP contribution in [0.1, 0.15) is 5.69 Å². The first-order chi connectivity index (χ1) is 10.1. The number of aryl methyl sites for hydroxylation is 1. The molecule has 1 aromatic carbocycles. The summed E-state index contributed by atoms with van der Waals surface area (Å²) in [6.45, 7) is 1.86. The lowest BCUT2D eigenvalue weighted by Gasteiger charge is -2.04. The first-order valence-corrected chi connectivity index (χ1v) is 6.86. The normalized spacial score (nSPS) is 10.8. The minimum Gasteiger partial charge on any atom is -0.508 e. The highest BCUT2D eigenvalue weighted by Gasteiger charge is 2.09. The molecule has 1 heterocycles. The Morgan fingerprint density at radius 2 is 2.14 bits per heavy atom. The molecule has 0 atom stereocenters. The summed E-state index contributed by atoms with van der Waals surface area (Å²) in [6, 6.07) is 7.80. The Kier molecular flexibility index (Phi) is 4.53. The van der Waals surface area contributed by atoms with Gasteiger partial charge in [0.05, 0.1) is 5.69 Å². The topological polar surface area (TPSA) is 98.0 Å². The summed E-state index contributed by atoms with van der Waals surface area (Å²) in [6.07, 6.45) is 1.31. The van der Waals surface area contributed by atoms with Crippen LogP contribution in [0.15, 0.2) is 41.4 Å². The number of benzene rings is 1. The third kappa shape index (κ3) is 4.06. The largest absolute Gasteiger partial charge is 0.508 e. The summed E-state index contributed by atoms with van der Waals surface area (Å²) in [5.41, 5.74) is 1.28. The fraction of sp³-hybridized carbons (Fsp3) is 0.0714. The van der Waals surface area contributed by atoms with Crippen LogP contribution in [-0.4, -0.2) is 16.0 Å².